The van der Waals surface area contributed by atoms with Gasteiger partial charge in [0.1, 0.15) is 17.9 Å². The second-order valence-corrected chi connectivity index (χ2v) is 4.46. The fourth-order valence-corrected chi connectivity index (χ4v) is 1.41. The van der Waals surface area contributed by atoms with Gasteiger partial charge in [-0.3, -0.25) is 0 Å². The summed E-state index contributed by atoms with van der Waals surface area (Å²) >= 11 is 5.78. The summed E-state index contributed by atoms with van der Waals surface area (Å²) in [6.07, 6.45) is 0.510. The average molecular weight is 259 g/mol. The number of ether oxygens (including phenoxy) is 1. The fourth-order valence-electron chi connectivity index (χ4n) is 1.17. The summed E-state index contributed by atoms with van der Waals surface area (Å²) in [6.45, 7) is 3.46. The molecule has 1 aromatic rings. The molecule has 0 heterocycles. The van der Waals surface area contributed by atoms with Crippen molar-refractivity contribution in [3.05, 3.63) is 28.8 Å². The number of rotatable bonds is 5. The standard InChI is InChI=1S/C12H15ClO4/c1-3-12(2,16)7-17-9-6-4-5-8(13)10(9)11(14)15/h4-6,16H,3,7H2,1-2H3,(H,14,15). The molecule has 0 radical (unpaired) electrons. The molecule has 1 atom stereocenters. The number of carboxylic acid groups (broad SMARTS) is 1. The topological polar surface area (TPSA) is 66.8 Å². The van der Waals surface area contributed by atoms with Crippen LogP contribution in [0.3, 0.4) is 0 Å². The van der Waals surface area contributed by atoms with Crippen molar-refractivity contribution in [2.45, 2.75) is 25.9 Å². The van der Waals surface area contributed by atoms with Crippen LogP contribution in [0.5, 0.6) is 5.75 Å². The van der Waals surface area contributed by atoms with Gasteiger partial charge in [-0.25, -0.2) is 4.79 Å². The smallest absolute Gasteiger partial charge is 0.341 e. The van der Waals surface area contributed by atoms with Crippen molar-refractivity contribution < 1.29 is 19.7 Å². The lowest BCUT2D eigenvalue weighted by Crippen LogP contribution is -2.31. The zero-order chi connectivity index (χ0) is 13.1. The minimum Gasteiger partial charge on any atom is -0.490 e. The Morgan fingerprint density at radius 2 is 2.18 bits per heavy atom. The highest BCUT2D eigenvalue weighted by atomic mass is 35.5. The zero-order valence-electron chi connectivity index (χ0n) is 9.74. The first kappa shape index (κ1) is 13.8. The molecule has 0 aliphatic carbocycles. The lowest BCUT2D eigenvalue weighted by molar-refractivity contribution is 0.00789. The molecule has 0 saturated carbocycles. The maximum absolute atomic E-state index is 11.0. The number of halogens is 1. The highest BCUT2D eigenvalue weighted by molar-refractivity contribution is 6.33. The van der Waals surface area contributed by atoms with Crippen LogP contribution in [0.4, 0.5) is 0 Å². The quantitative estimate of drug-likeness (QED) is 0.852. The molecule has 0 aliphatic heterocycles. The van der Waals surface area contributed by atoms with E-state index < -0.39 is 11.6 Å². The van der Waals surface area contributed by atoms with Gasteiger partial charge in [-0.05, 0) is 25.5 Å². The lowest BCUT2D eigenvalue weighted by atomic mass is 10.1. The Balaban J connectivity index is 2.92. The summed E-state index contributed by atoms with van der Waals surface area (Å²) in [5, 5.41) is 18.9. The largest absolute Gasteiger partial charge is 0.490 e. The van der Waals surface area contributed by atoms with Gasteiger partial charge in [0.2, 0.25) is 0 Å². The minimum absolute atomic E-state index is 0.0180. The van der Waals surface area contributed by atoms with Crippen molar-refractivity contribution in [3.8, 4) is 5.75 Å². The van der Waals surface area contributed by atoms with Crippen LogP contribution in [0, 0.1) is 0 Å². The minimum atomic E-state index is -1.15. The third kappa shape index (κ3) is 3.61. The fraction of sp³-hybridized carbons (Fsp3) is 0.417. The van der Waals surface area contributed by atoms with Gasteiger partial charge in [0.15, 0.2) is 0 Å². The SMILES string of the molecule is CCC(C)(O)COc1cccc(Cl)c1C(=O)O. The summed E-state index contributed by atoms with van der Waals surface area (Å²) in [7, 11) is 0. The Bertz CT molecular complexity index is 415. The molecule has 17 heavy (non-hydrogen) atoms. The predicted octanol–water partition coefficient (Wildman–Crippen LogP) is 2.58. The van der Waals surface area contributed by atoms with E-state index in [2.05, 4.69) is 0 Å². The monoisotopic (exact) mass is 258 g/mol. The number of carbonyl (C=O) groups is 1. The van der Waals surface area contributed by atoms with Gasteiger partial charge in [0.25, 0.3) is 0 Å². The van der Waals surface area contributed by atoms with Gasteiger partial charge in [0.05, 0.1) is 10.6 Å². The first-order valence-corrected chi connectivity index (χ1v) is 5.62. The highest BCUT2D eigenvalue weighted by Gasteiger charge is 2.21. The van der Waals surface area contributed by atoms with E-state index in [1.165, 1.54) is 12.1 Å². The van der Waals surface area contributed by atoms with E-state index in [0.717, 1.165) is 0 Å². The van der Waals surface area contributed by atoms with Crippen molar-refractivity contribution in [1.82, 2.24) is 0 Å². The van der Waals surface area contributed by atoms with E-state index in [1.807, 2.05) is 6.92 Å². The summed E-state index contributed by atoms with van der Waals surface area (Å²) in [6, 6.07) is 4.60. The van der Waals surface area contributed by atoms with Crippen LogP contribution in [-0.2, 0) is 0 Å². The highest BCUT2D eigenvalue weighted by Crippen LogP contribution is 2.27. The van der Waals surface area contributed by atoms with Crippen molar-refractivity contribution in [2.75, 3.05) is 6.61 Å². The van der Waals surface area contributed by atoms with Gasteiger partial charge >= 0.3 is 5.97 Å². The number of aromatic carboxylic acids is 1. The van der Waals surface area contributed by atoms with Crippen LogP contribution in [0.15, 0.2) is 18.2 Å². The maximum atomic E-state index is 11.0. The summed E-state index contributed by atoms with van der Waals surface area (Å²) in [5.41, 5.74) is -1.07. The Morgan fingerprint density at radius 1 is 1.53 bits per heavy atom. The molecule has 4 nitrogen and oxygen atoms in total. The molecule has 0 saturated heterocycles. The van der Waals surface area contributed by atoms with Crippen LogP contribution in [0.25, 0.3) is 0 Å². The molecule has 0 aliphatic rings. The third-order valence-electron chi connectivity index (χ3n) is 2.49. The number of hydrogen-bond donors (Lipinski definition) is 2. The molecule has 2 N–H and O–H groups in total. The van der Waals surface area contributed by atoms with E-state index in [0.29, 0.717) is 6.42 Å². The number of aliphatic hydroxyl groups is 1. The number of carboxylic acids is 1. The van der Waals surface area contributed by atoms with Crippen LogP contribution in [0.2, 0.25) is 5.02 Å². The van der Waals surface area contributed by atoms with E-state index in [1.54, 1.807) is 13.0 Å². The van der Waals surface area contributed by atoms with Crippen LogP contribution in [0.1, 0.15) is 30.6 Å². The normalized spacial score (nSPS) is 14.1. The van der Waals surface area contributed by atoms with E-state index in [4.69, 9.17) is 21.4 Å². The summed E-state index contributed by atoms with van der Waals surface area (Å²) in [5.74, 6) is -0.986. The molecule has 0 amide bonds. The molecular formula is C12H15ClO4. The zero-order valence-corrected chi connectivity index (χ0v) is 10.5. The van der Waals surface area contributed by atoms with E-state index in [-0.39, 0.29) is 22.9 Å². The number of hydrogen-bond acceptors (Lipinski definition) is 3. The summed E-state index contributed by atoms with van der Waals surface area (Å²) < 4.78 is 5.32. The van der Waals surface area contributed by atoms with E-state index >= 15 is 0 Å². The predicted molar refractivity (Wildman–Crippen MR) is 64.8 cm³/mol. The molecule has 1 aromatic carbocycles. The van der Waals surface area contributed by atoms with Crippen molar-refractivity contribution in [1.29, 1.82) is 0 Å². The average Bonchev–Trinajstić information content (AvgIpc) is 2.26. The Kier molecular flexibility index (Phi) is 4.37. The van der Waals surface area contributed by atoms with Crippen molar-refractivity contribution in [3.63, 3.8) is 0 Å². The molecule has 5 heteroatoms. The van der Waals surface area contributed by atoms with Gasteiger partial charge < -0.3 is 14.9 Å². The van der Waals surface area contributed by atoms with Crippen LogP contribution >= 0.6 is 11.6 Å². The van der Waals surface area contributed by atoms with Crippen molar-refractivity contribution in [2.24, 2.45) is 0 Å². The molecule has 1 unspecified atom stereocenters. The Hall–Kier alpha value is -1.26. The molecule has 1 rings (SSSR count). The lowest BCUT2D eigenvalue weighted by Gasteiger charge is -2.22. The molecule has 0 aromatic heterocycles. The van der Waals surface area contributed by atoms with Crippen LogP contribution < -0.4 is 4.74 Å². The molecule has 0 fully saturated rings. The first-order valence-electron chi connectivity index (χ1n) is 5.24. The van der Waals surface area contributed by atoms with E-state index in [9.17, 15) is 9.90 Å². The second-order valence-electron chi connectivity index (χ2n) is 4.06. The Labute approximate surface area is 105 Å². The molecule has 0 spiro atoms. The number of benzene rings is 1. The van der Waals surface area contributed by atoms with Gasteiger partial charge in [0, 0.05) is 0 Å². The van der Waals surface area contributed by atoms with Gasteiger partial charge in [-0.2, -0.15) is 0 Å². The molecule has 0 bridgehead atoms. The molecule has 94 valence electrons. The Morgan fingerprint density at radius 3 is 2.71 bits per heavy atom. The molecular weight excluding hydrogens is 244 g/mol. The van der Waals surface area contributed by atoms with Crippen molar-refractivity contribution >= 4 is 17.6 Å². The van der Waals surface area contributed by atoms with Crippen LogP contribution in [-0.4, -0.2) is 28.4 Å². The third-order valence-corrected chi connectivity index (χ3v) is 2.80. The van der Waals surface area contributed by atoms with Gasteiger partial charge in [-0.15, -0.1) is 0 Å². The van der Waals surface area contributed by atoms with Gasteiger partial charge in [-0.1, -0.05) is 24.6 Å². The first-order chi connectivity index (χ1) is 7.87. The maximum Gasteiger partial charge on any atom is 0.341 e. The summed E-state index contributed by atoms with van der Waals surface area (Å²) in [4.78, 5) is 11.0. The second kappa shape index (κ2) is 5.38.